The van der Waals surface area contributed by atoms with Crippen LogP contribution in [0.25, 0.3) is 0 Å². The van der Waals surface area contributed by atoms with Crippen molar-refractivity contribution in [1.29, 1.82) is 0 Å². The van der Waals surface area contributed by atoms with Gasteiger partial charge in [-0.3, -0.25) is 10.0 Å². The number of nitrogens with one attached hydrogen (secondary N) is 1. The van der Waals surface area contributed by atoms with E-state index in [0.717, 1.165) is 10.6 Å². The van der Waals surface area contributed by atoms with Crippen LogP contribution in [0.2, 0.25) is 0 Å². The highest BCUT2D eigenvalue weighted by Gasteiger charge is 2.19. The highest BCUT2D eigenvalue weighted by molar-refractivity contribution is 5.82. The summed E-state index contributed by atoms with van der Waals surface area (Å²) in [7, 11) is 0. The van der Waals surface area contributed by atoms with Gasteiger partial charge < -0.3 is 0 Å². The molecule has 1 atom stereocenters. The first kappa shape index (κ1) is 13.8. The molecule has 1 aromatic rings. The molecule has 1 unspecified atom stereocenters. The molecule has 18 heavy (non-hydrogen) atoms. The zero-order valence-corrected chi connectivity index (χ0v) is 9.85. The fourth-order valence-electron chi connectivity index (χ4n) is 1.40. The molecule has 7 heteroatoms. The fourth-order valence-corrected chi connectivity index (χ4v) is 1.40. The Morgan fingerprint density at radius 2 is 2.17 bits per heavy atom. The minimum Gasteiger partial charge on any atom is -0.274 e. The monoisotopic (exact) mass is 250 g/mol. The van der Waals surface area contributed by atoms with E-state index in [1.54, 1.807) is 24.6 Å². The van der Waals surface area contributed by atoms with Crippen molar-refractivity contribution in [3.8, 4) is 0 Å². The number of carbonyl (C=O) groups excluding carboxylic acids is 1. The molecule has 0 radical (unpaired) electrons. The van der Waals surface area contributed by atoms with Gasteiger partial charge in [-0.1, -0.05) is 30.3 Å². The normalized spacial score (nSPS) is 12.1. The minimum atomic E-state index is -0.640. The molecule has 1 aromatic carbocycles. The van der Waals surface area contributed by atoms with Crippen LogP contribution in [0.5, 0.6) is 0 Å². The molecule has 0 fully saturated rings. The lowest BCUT2D eigenvalue weighted by Crippen LogP contribution is -2.36. The Labute approximate surface area is 104 Å². The van der Waals surface area contributed by atoms with E-state index in [2.05, 4.69) is 10.4 Å². The van der Waals surface area contributed by atoms with Gasteiger partial charge >= 0.3 is 0 Å². The molecule has 96 valence electrons. The molecule has 0 aliphatic rings. The van der Waals surface area contributed by atoms with Crippen LogP contribution < -0.4 is 5.59 Å². The van der Waals surface area contributed by atoms with Crippen LogP contribution in [-0.4, -0.2) is 28.4 Å². The molecule has 0 aliphatic carbocycles. The van der Waals surface area contributed by atoms with Crippen molar-refractivity contribution in [2.45, 2.75) is 19.4 Å². The van der Waals surface area contributed by atoms with Crippen molar-refractivity contribution in [2.24, 2.45) is 10.4 Å². The van der Waals surface area contributed by atoms with Gasteiger partial charge in [0, 0.05) is 0 Å². The predicted octanol–water partition coefficient (Wildman–Crippen LogP) is 1.09. The summed E-state index contributed by atoms with van der Waals surface area (Å²) in [5.74, 6) is -0.437. The summed E-state index contributed by atoms with van der Waals surface area (Å²) in [5.41, 5.74) is 2.35. The maximum atomic E-state index is 11.8. The Hall–Kier alpha value is -2.28. The second-order valence-electron chi connectivity index (χ2n) is 3.60. The zero-order valence-electron chi connectivity index (χ0n) is 9.85. The number of rotatable bonds is 6. The zero-order chi connectivity index (χ0) is 13.4. The molecule has 1 rings (SSSR count). The smallest absolute Gasteiger partial charge is 0.250 e. The predicted molar refractivity (Wildman–Crippen MR) is 65.7 cm³/mol. The Morgan fingerprint density at radius 1 is 1.50 bits per heavy atom. The first-order valence-electron chi connectivity index (χ1n) is 5.30. The Balaban J connectivity index is 2.68. The van der Waals surface area contributed by atoms with Crippen molar-refractivity contribution < 1.29 is 10.0 Å². The van der Waals surface area contributed by atoms with Gasteiger partial charge in [0.05, 0.1) is 24.0 Å². The van der Waals surface area contributed by atoms with Crippen LogP contribution in [0, 0.1) is 4.91 Å². The summed E-state index contributed by atoms with van der Waals surface area (Å²) in [6, 6.07) is 8.39. The van der Waals surface area contributed by atoms with Gasteiger partial charge in [-0.2, -0.15) is 15.7 Å². The summed E-state index contributed by atoms with van der Waals surface area (Å²) in [5, 5.41) is 15.0. The van der Waals surface area contributed by atoms with E-state index in [1.165, 1.54) is 6.21 Å². The van der Waals surface area contributed by atoms with Crippen LogP contribution in [0.15, 0.2) is 40.7 Å². The van der Waals surface area contributed by atoms with Crippen LogP contribution >= 0.6 is 0 Å². The van der Waals surface area contributed by atoms with E-state index in [4.69, 9.17) is 5.21 Å². The number of hydrazone groups is 1. The summed E-state index contributed by atoms with van der Waals surface area (Å²) in [6.45, 7) is 1.56. The molecule has 0 spiro atoms. The van der Waals surface area contributed by atoms with E-state index in [9.17, 15) is 9.70 Å². The average Bonchev–Trinajstić information content (AvgIpc) is 2.38. The molecule has 0 saturated heterocycles. The number of benzene rings is 1. The van der Waals surface area contributed by atoms with Gasteiger partial charge in [0.25, 0.3) is 0 Å². The lowest BCUT2D eigenvalue weighted by atomic mass is 10.1. The molecule has 0 saturated carbocycles. The highest BCUT2D eigenvalue weighted by Crippen LogP contribution is 2.06. The van der Waals surface area contributed by atoms with Crippen LogP contribution in [0.3, 0.4) is 0 Å². The van der Waals surface area contributed by atoms with Crippen LogP contribution in [-0.2, 0) is 11.2 Å². The first-order chi connectivity index (χ1) is 8.69. The number of hydrogen-bond acceptors (Lipinski definition) is 6. The van der Waals surface area contributed by atoms with Crippen molar-refractivity contribution in [3.05, 3.63) is 40.8 Å². The van der Waals surface area contributed by atoms with Crippen molar-refractivity contribution in [3.63, 3.8) is 0 Å². The largest absolute Gasteiger partial charge is 0.274 e. The number of carbonyl (C=O) groups is 1. The van der Waals surface area contributed by atoms with Crippen molar-refractivity contribution in [1.82, 2.24) is 10.6 Å². The van der Waals surface area contributed by atoms with E-state index in [-0.39, 0.29) is 6.42 Å². The van der Waals surface area contributed by atoms with Crippen molar-refractivity contribution >= 4 is 12.1 Å². The molecular formula is C11H14N4O3. The number of hydrogen-bond donors (Lipinski definition) is 2. The molecular weight excluding hydrogens is 236 g/mol. The second kappa shape index (κ2) is 7.13. The Kier molecular flexibility index (Phi) is 5.46. The second-order valence-corrected chi connectivity index (χ2v) is 3.60. The van der Waals surface area contributed by atoms with Crippen LogP contribution in [0.4, 0.5) is 0 Å². The van der Waals surface area contributed by atoms with E-state index < -0.39 is 11.9 Å². The summed E-state index contributed by atoms with van der Waals surface area (Å²) >= 11 is 0. The third-order valence-corrected chi connectivity index (χ3v) is 2.28. The number of nitroso groups, excluding NO2 is 1. The van der Waals surface area contributed by atoms with Gasteiger partial charge in [-0.25, -0.2) is 0 Å². The van der Waals surface area contributed by atoms with Crippen LogP contribution in [0.1, 0.15) is 12.5 Å². The molecule has 1 amide bonds. The molecule has 0 aromatic heterocycles. The molecule has 0 heterocycles. The van der Waals surface area contributed by atoms with Gasteiger partial charge in [-0.05, 0) is 12.5 Å². The first-order valence-corrected chi connectivity index (χ1v) is 5.30. The topological polar surface area (TPSA) is 94.4 Å². The maximum absolute atomic E-state index is 11.8. The highest BCUT2D eigenvalue weighted by atomic mass is 16.5. The lowest BCUT2D eigenvalue weighted by Gasteiger charge is -2.17. The lowest BCUT2D eigenvalue weighted by molar-refractivity contribution is -0.131. The molecule has 7 nitrogen and oxygen atoms in total. The van der Waals surface area contributed by atoms with Gasteiger partial charge in [0.2, 0.25) is 5.91 Å². The third-order valence-electron chi connectivity index (χ3n) is 2.28. The summed E-state index contributed by atoms with van der Waals surface area (Å²) < 4.78 is 0. The molecule has 0 aliphatic heterocycles. The maximum Gasteiger partial charge on any atom is 0.250 e. The van der Waals surface area contributed by atoms with E-state index >= 15 is 0 Å². The number of amides is 1. The quantitative estimate of drug-likeness (QED) is 0.449. The van der Waals surface area contributed by atoms with Crippen molar-refractivity contribution in [2.75, 3.05) is 0 Å². The minimum absolute atomic E-state index is 0.0807. The summed E-state index contributed by atoms with van der Waals surface area (Å²) in [4.78, 5) is 22.5. The van der Waals surface area contributed by atoms with Gasteiger partial charge in [-0.15, -0.1) is 4.91 Å². The SMILES string of the molecule is CC(C=NNO)N(N=O)C(=O)Cc1ccccc1. The van der Waals surface area contributed by atoms with Gasteiger partial charge in [0.15, 0.2) is 0 Å². The third kappa shape index (κ3) is 3.95. The average molecular weight is 250 g/mol. The molecule has 0 bridgehead atoms. The summed E-state index contributed by atoms with van der Waals surface area (Å²) in [6.07, 6.45) is 1.28. The molecule has 2 N–H and O–H groups in total. The Morgan fingerprint density at radius 3 is 2.72 bits per heavy atom. The number of nitrogens with zero attached hydrogens (tertiary/aromatic N) is 3. The van der Waals surface area contributed by atoms with Gasteiger partial charge in [0.1, 0.15) is 0 Å². The van der Waals surface area contributed by atoms with E-state index in [1.807, 2.05) is 18.2 Å². The van der Waals surface area contributed by atoms with E-state index in [0.29, 0.717) is 0 Å². The standard InChI is InChI=1S/C11H14N4O3/c1-9(8-12-13-17)15(14-18)11(16)7-10-5-3-2-4-6-10/h2-6,8-9,13,17H,7H2,1H3. The fraction of sp³-hybridized carbons (Fsp3) is 0.273. The Bertz CT molecular complexity index is 422.